The van der Waals surface area contributed by atoms with Crippen molar-refractivity contribution < 1.29 is 18.0 Å². The van der Waals surface area contributed by atoms with E-state index in [9.17, 15) is 18.0 Å². The number of carbonyl (C=O) groups excluding carboxylic acids is 1. The molecule has 2 N–H and O–H groups in total. The molecule has 0 bridgehead atoms. The Morgan fingerprint density at radius 3 is 2.55 bits per heavy atom. The van der Waals surface area contributed by atoms with Gasteiger partial charge in [0, 0.05) is 24.0 Å². The van der Waals surface area contributed by atoms with Gasteiger partial charge in [-0.3, -0.25) is 4.79 Å². The number of hydrogen-bond donors (Lipinski definition) is 2. The van der Waals surface area contributed by atoms with Gasteiger partial charge in [-0.15, -0.1) is 0 Å². The van der Waals surface area contributed by atoms with Crippen molar-refractivity contribution in [3.8, 4) is 11.1 Å². The van der Waals surface area contributed by atoms with E-state index in [-0.39, 0.29) is 11.6 Å². The van der Waals surface area contributed by atoms with Crippen molar-refractivity contribution in [2.75, 3.05) is 6.54 Å². The highest BCUT2D eigenvalue weighted by molar-refractivity contribution is 6.34. The van der Waals surface area contributed by atoms with E-state index in [0.717, 1.165) is 48.6 Å². The molecule has 9 heteroatoms. The van der Waals surface area contributed by atoms with E-state index >= 15 is 0 Å². The molecular weight excluding hydrogens is 453 g/mol. The zero-order valence-electron chi connectivity index (χ0n) is 17.6. The minimum absolute atomic E-state index is 0.0745. The van der Waals surface area contributed by atoms with Gasteiger partial charge in [-0.25, -0.2) is 9.97 Å². The van der Waals surface area contributed by atoms with Crippen LogP contribution in [0.3, 0.4) is 0 Å². The van der Waals surface area contributed by atoms with Crippen LogP contribution in [0.4, 0.5) is 13.2 Å². The molecule has 33 heavy (non-hydrogen) atoms. The first-order valence-corrected chi connectivity index (χ1v) is 11.0. The van der Waals surface area contributed by atoms with Crippen molar-refractivity contribution in [2.45, 2.75) is 37.5 Å². The van der Waals surface area contributed by atoms with Crippen molar-refractivity contribution in [1.29, 1.82) is 0 Å². The zero-order valence-corrected chi connectivity index (χ0v) is 18.3. The van der Waals surface area contributed by atoms with Gasteiger partial charge in [0.25, 0.3) is 5.91 Å². The summed E-state index contributed by atoms with van der Waals surface area (Å²) in [4.78, 5) is 21.2. The van der Waals surface area contributed by atoms with Crippen molar-refractivity contribution in [2.24, 2.45) is 0 Å². The number of halogens is 4. The number of alkyl halides is 3. The average Bonchev–Trinajstić information content (AvgIpc) is 2.83. The average molecular weight is 475 g/mol. The van der Waals surface area contributed by atoms with Crippen LogP contribution in [0.5, 0.6) is 0 Å². The molecule has 1 saturated heterocycles. The van der Waals surface area contributed by atoms with Gasteiger partial charge in [-0.1, -0.05) is 42.3 Å². The Bertz CT molecular complexity index is 1120. The fourth-order valence-corrected chi connectivity index (χ4v) is 4.40. The summed E-state index contributed by atoms with van der Waals surface area (Å²) >= 11 is 6.00. The highest BCUT2D eigenvalue weighted by atomic mass is 35.5. The maximum absolute atomic E-state index is 13.3. The lowest BCUT2D eigenvalue weighted by Gasteiger charge is -2.32. The molecule has 0 saturated carbocycles. The number of nitrogens with one attached hydrogen (secondary N) is 2. The Morgan fingerprint density at radius 1 is 1.09 bits per heavy atom. The second kappa shape index (κ2) is 9.89. The van der Waals surface area contributed by atoms with Crippen LogP contribution in [-0.4, -0.2) is 28.5 Å². The molecule has 2 atom stereocenters. The van der Waals surface area contributed by atoms with Crippen molar-refractivity contribution in [1.82, 2.24) is 20.6 Å². The molecule has 0 aliphatic carbocycles. The predicted octanol–water partition coefficient (Wildman–Crippen LogP) is 5.43. The van der Waals surface area contributed by atoms with Crippen LogP contribution >= 0.6 is 11.6 Å². The van der Waals surface area contributed by atoms with Gasteiger partial charge in [-0.05, 0) is 48.7 Å². The highest BCUT2D eigenvalue weighted by Gasteiger charge is 2.35. The van der Waals surface area contributed by atoms with Gasteiger partial charge in [0.05, 0.1) is 22.2 Å². The summed E-state index contributed by atoms with van der Waals surface area (Å²) in [7, 11) is 0. The van der Waals surface area contributed by atoms with E-state index in [4.69, 9.17) is 11.6 Å². The van der Waals surface area contributed by atoms with E-state index in [1.54, 1.807) is 12.4 Å². The fourth-order valence-electron chi connectivity index (χ4n) is 4.08. The molecular formula is C24H22ClF3N4O. The third-order valence-electron chi connectivity index (χ3n) is 5.73. The number of aromatic nitrogens is 2. The van der Waals surface area contributed by atoms with E-state index in [0.29, 0.717) is 0 Å². The summed E-state index contributed by atoms with van der Waals surface area (Å²) in [6.45, 7) is 0.799. The molecule has 1 aromatic heterocycles. The van der Waals surface area contributed by atoms with Crippen molar-refractivity contribution in [3.05, 3.63) is 82.9 Å². The molecule has 2 heterocycles. The molecule has 1 amide bonds. The Hall–Kier alpha value is -2.97. The lowest BCUT2D eigenvalue weighted by molar-refractivity contribution is -0.137. The highest BCUT2D eigenvalue weighted by Crippen LogP contribution is 2.36. The first-order valence-electron chi connectivity index (χ1n) is 10.6. The Labute approximate surface area is 194 Å². The van der Waals surface area contributed by atoms with Crippen molar-refractivity contribution in [3.63, 3.8) is 0 Å². The van der Waals surface area contributed by atoms with Crippen LogP contribution in [0.15, 0.2) is 61.2 Å². The van der Waals surface area contributed by atoms with Crippen LogP contribution < -0.4 is 10.6 Å². The maximum atomic E-state index is 13.3. The topological polar surface area (TPSA) is 66.9 Å². The number of amides is 1. The SMILES string of the molecule is O=C(NC(c1cccc(-c2cncnc2)c1)[C@@H]1CCCCN1)c1cccc(C(F)(F)F)c1Cl. The van der Waals surface area contributed by atoms with Gasteiger partial charge in [0.2, 0.25) is 0 Å². The van der Waals surface area contributed by atoms with Crippen LogP contribution in [0.25, 0.3) is 11.1 Å². The maximum Gasteiger partial charge on any atom is 0.417 e. The molecule has 4 rings (SSSR count). The summed E-state index contributed by atoms with van der Waals surface area (Å²) in [5.41, 5.74) is 1.28. The number of nitrogens with zero attached hydrogens (tertiary/aromatic N) is 2. The molecule has 0 radical (unpaired) electrons. The van der Waals surface area contributed by atoms with E-state index in [1.165, 1.54) is 18.5 Å². The van der Waals surface area contributed by atoms with Crippen molar-refractivity contribution >= 4 is 17.5 Å². The predicted molar refractivity (Wildman–Crippen MR) is 120 cm³/mol. The molecule has 2 aromatic carbocycles. The van der Waals surface area contributed by atoms with Gasteiger partial charge in [0.1, 0.15) is 6.33 Å². The Morgan fingerprint density at radius 2 is 1.85 bits per heavy atom. The molecule has 1 aliphatic heterocycles. The minimum atomic E-state index is -4.65. The summed E-state index contributed by atoms with van der Waals surface area (Å²) in [5, 5.41) is 5.76. The smallest absolute Gasteiger partial charge is 0.344 e. The Balaban J connectivity index is 1.68. The van der Waals surface area contributed by atoms with Gasteiger partial charge in [0.15, 0.2) is 0 Å². The minimum Gasteiger partial charge on any atom is -0.344 e. The van der Waals surface area contributed by atoms with Crippen LogP contribution in [0, 0.1) is 0 Å². The van der Waals surface area contributed by atoms with Gasteiger partial charge >= 0.3 is 6.18 Å². The van der Waals surface area contributed by atoms with E-state index in [2.05, 4.69) is 20.6 Å². The zero-order chi connectivity index (χ0) is 23.4. The summed E-state index contributed by atoms with van der Waals surface area (Å²) in [6.07, 6.45) is 3.02. The largest absolute Gasteiger partial charge is 0.417 e. The molecule has 172 valence electrons. The number of carbonyl (C=O) groups is 1. The van der Waals surface area contributed by atoms with E-state index < -0.39 is 28.7 Å². The first-order chi connectivity index (χ1) is 15.8. The number of hydrogen-bond acceptors (Lipinski definition) is 4. The second-order valence-corrected chi connectivity index (χ2v) is 8.30. The molecule has 3 aromatic rings. The monoisotopic (exact) mass is 474 g/mol. The Kier molecular flexibility index (Phi) is 6.95. The van der Waals surface area contributed by atoms with Crippen LogP contribution in [0.2, 0.25) is 5.02 Å². The number of benzene rings is 2. The number of piperidine rings is 1. The van der Waals surface area contributed by atoms with Gasteiger partial charge < -0.3 is 10.6 Å². The lowest BCUT2D eigenvalue weighted by Crippen LogP contribution is -2.46. The molecule has 1 fully saturated rings. The molecule has 5 nitrogen and oxygen atoms in total. The summed E-state index contributed by atoms with van der Waals surface area (Å²) in [5.74, 6) is -0.656. The lowest BCUT2D eigenvalue weighted by atomic mass is 9.90. The quantitative estimate of drug-likeness (QED) is 0.517. The third kappa shape index (κ3) is 5.34. The normalized spacial score (nSPS) is 17.4. The summed E-state index contributed by atoms with van der Waals surface area (Å²) < 4.78 is 39.8. The van der Waals surface area contributed by atoms with Crippen LogP contribution in [0.1, 0.15) is 46.8 Å². The molecule has 1 unspecified atom stereocenters. The number of rotatable bonds is 5. The van der Waals surface area contributed by atoms with Gasteiger partial charge in [-0.2, -0.15) is 13.2 Å². The summed E-state index contributed by atoms with van der Waals surface area (Å²) in [6, 6.07) is 10.4. The first kappa shape index (κ1) is 23.2. The molecule has 1 aliphatic rings. The van der Waals surface area contributed by atoms with E-state index in [1.807, 2.05) is 24.3 Å². The fraction of sp³-hybridized carbons (Fsp3) is 0.292. The standard InChI is InChI=1S/C24H22ClF3N4O/c25-21-18(7-4-8-19(21)24(26,27)28)23(33)32-22(20-9-1-2-10-31-20)16-6-3-5-15(11-16)17-12-29-14-30-13-17/h3-8,11-14,20,22,31H,1-2,9-10H2,(H,32,33)/t20-,22?/m0/s1. The third-order valence-corrected chi connectivity index (χ3v) is 6.13. The second-order valence-electron chi connectivity index (χ2n) is 7.93. The van der Waals surface area contributed by atoms with Crippen LogP contribution in [-0.2, 0) is 6.18 Å². The molecule has 0 spiro atoms.